The van der Waals surface area contributed by atoms with Gasteiger partial charge in [-0.2, -0.15) is 0 Å². The highest BCUT2D eigenvalue weighted by Crippen LogP contribution is 2.21. The SMILES string of the molecule is COc1ccc(Cc2c(C)nc(SCC(=O)O)nc2C)cc1. The number of hydrogen-bond donors (Lipinski definition) is 1. The van der Waals surface area contributed by atoms with Crippen molar-refractivity contribution in [2.45, 2.75) is 25.4 Å². The largest absolute Gasteiger partial charge is 0.497 e. The predicted molar refractivity (Wildman–Crippen MR) is 85.7 cm³/mol. The molecule has 0 bridgehead atoms. The van der Waals surface area contributed by atoms with Gasteiger partial charge in [0.2, 0.25) is 0 Å². The normalized spacial score (nSPS) is 10.5. The number of nitrogens with zero attached hydrogens (tertiary/aromatic N) is 2. The molecule has 0 radical (unpaired) electrons. The van der Waals surface area contributed by atoms with Crippen LogP contribution in [-0.2, 0) is 11.2 Å². The number of thioether (sulfide) groups is 1. The zero-order valence-electron chi connectivity index (χ0n) is 12.8. The van der Waals surface area contributed by atoms with Gasteiger partial charge in [-0.25, -0.2) is 9.97 Å². The van der Waals surface area contributed by atoms with Crippen molar-refractivity contribution in [2.75, 3.05) is 12.9 Å². The summed E-state index contributed by atoms with van der Waals surface area (Å²) in [6.07, 6.45) is 0.742. The third-order valence-corrected chi connectivity index (χ3v) is 4.10. The molecular formula is C16H18N2O3S. The van der Waals surface area contributed by atoms with Gasteiger partial charge in [0.15, 0.2) is 5.16 Å². The van der Waals surface area contributed by atoms with Gasteiger partial charge in [-0.1, -0.05) is 23.9 Å². The molecule has 22 heavy (non-hydrogen) atoms. The maximum Gasteiger partial charge on any atom is 0.313 e. The van der Waals surface area contributed by atoms with Gasteiger partial charge in [0.05, 0.1) is 12.9 Å². The van der Waals surface area contributed by atoms with Crippen LogP contribution in [0.25, 0.3) is 0 Å². The van der Waals surface area contributed by atoms with Crippen molar-refractivity contribution in [3.05, 3.63) is 46.8 Å². The second kappa shape index (κ2) is 7.26. The fourth-order valence-electron chi connectivity index (χ4n) is 2.10. The number of aromatic nitrogens is 2. The van der Waals surface area contributed by atoms with Gasteiger partial charge in [0.1, 0.15) is 5.75 Å². The van der Waals surface area contributed by atoms with Gasteiger partial charge in [0, 0.05) is 17.8 Å². The molecule has 2 rings (SSSR count). The summed E-state index contributed by atoms with van der Waals surface area (Å²) in [6, 6.07) is 7.89. The monoisotopic (exact) mass is 318 g/mol. The number of carboxylic acid groups (broad SMARTS) is 1. The van der Waals surface area contributed by atoms with Crippen LogP contribution in [0.4, 0.5) is 0 Å². The summed E-state index contributed by atoms with van der Waals surface area (Å²) in [5.41, 5.74) is 4.00. The zero-order chi connectivity index (χ0) is 16.1. The molecule has 0 saturated heterocycles. The summed E-state index contributed by atoms with van der Waals surface area (Å²) in [5, 5.41) is 9.23. The Morgan fingerprint density at radius 3 is 2.27 bits per heavy atom. The Hall–Kier alpha value is -2.08. The van der Waals surface area contributed by atoms with E-state index in [4.69, 9.17) is 9.84 Å². The lowest BCUT2D eigenvalue weighted by Crippen LogP contribution is -2.05. The molecule has 0 aliphatic rings. The molecular weight excluding hydrogens is 300 g/mol. The second-order valence-corrected chi connectivity index (χ2v) is 5.81. The summed E-state index contributed by atoms with van der Waals surface area (Å²) in [5.74, 6) is -0.0726. The second-order valence-electron chi connectivity index (χ2n) is 4.86. The van der Waals surface area contributed by atoms with Crippen LogP contribution < -0.4 is 4.74 Å². The van der Waals surface area contributed by atoms with E-state index in [1.807, 2.05) is 38.1 Å². The highest BCUT2D eigenvalue weighted by atomic mass is 32.2. The first-order valence-electron chi connectivity index (χ1n) is 6.81. The number of hydrogen-bond acceptors (Lipinski definition) is 5. The third kappa shape index (κ3) is 4.21. The van der Waals surface area contributed by atoms with Crippen LogP contribution in [0.5, 0.6) is 5.75 Å². The van der Waals surface area contributed by atoms with Crippen molar-refractivity contribution >= 4 is 17.7 Å². The Morgan fingerprint density at radius 2 is 1.77 bits per heavy atom. The van der Waals surface area contributed by atoms with Crippen molar-refractivity contribution in [2.24, 2.45) is 0 Å². The van der Waals surface area contributed by atoms with E-state index in [1.54, 1.807) is 7.11 Å². The number of benzene rings is 1. The summed E-state index contributed by atoms with van der Waals surface area (Å²) in [7, 11) is 1.64. The number of carboxylic acids is 1. The molecule has 0 spiro atoms. The first kappa shape index (κ1) is 16.3. The first-order valence-corrected chi connectivity index (χ1v) is 7.79. The van der Waals surface area contributed by atoms with Gasteiger partial charge in [-0.05, 0) is 37.1 Å². The molecule has 1 heterocycles. The van der Waals surface area contributed by atoms with Crippen LogP contribution in [0, 0.1) is 13.8 Å². The van der Waals surface area contributed by atoms with Crippen LogP contribution in [0.2, 0.25) is 0 Å². The van der Waals surface area contributed by atoms with Crippen LogP contribution in [0.3, 0.4) is 0 Å². The summed E-state index contributed by atoms with van der Waals surface area (Å²) >= 11 is 1.14. The molecule has 0 fully saturated rings. The maximum absolute atomic E-state index is 10.6. The Balaban J connectivity index is 2.18. The van der Waals surface area contributed by atoms with Crippen LogP contribution in [0.15, 0.2) is 29.4 Å². The highest BCUT2D eigenvalue weighted by Gasteiger charge is 2.11. The summed E-state index contributed by atoms with van der Waals surface area (Å²) < 4.78 is 5.15. The molecule has 2 aromatic rings. The molecule has 116 valence electrons. The van der Waals surface area contributed by atoms with Crippen molar-refractivity contribution in [3.8, 4) is 5.75 Å². The van der Waals surface area contributed by atoms with E-state index in [1.165, 1.54) is 0 Å². The molecule has 1 aromatic carbocycles. The lowest BCUT2D eigenvalue weighted by atomic mass is 10.0. The van der Waals surface area contributed by atoms with E-state index >= 15 is 0 Å². The van der Waals surface area contributed by atoms with E-state index in [0.717, 1.165) is 46.4 Å². The standard InChI is InChI=1S/C16H18N2O3S/c1-10-14(8-12-4-6-13(21-3)7-5-12)11(2)18-16(17-10)22-9-15(19)20/h4-7H,8-9H2,1-3H3,(H,19,20). The van der Waals surface area contributed by atoms with E-state index in [0.29, 0.717) is 5.16 Å². The summed E-state index contributed by atoms with van der Waals surface area (Å²) in [4.78, 5) is 19.4. The Labute approximate surface area is 133 Å². The van der Waals surface area contributed by atoms with Gasteiger partial charge >= 0.3 is 5.97 Å². The fraction of sp³-hybridized carbons (Fsp3) is 0.312. The minimum Gasteiger partial charge on any atom is -0.497 e. The molecule has 1 aromatic heterocycles. The number of aryl methyl sites for hydroxylation is 2. The van der Waals surface area contributed by atoms with Crippen LogP contribution in [-0.4, -0.2) is 33.9 Å². The third-order valence-electron chi connectivity index (χ3n) is 3.26. The molecule has 0 aliphatic carbocycles. The predicted octanol–water partition coefficient (Wildman–Crippen LogP) is 2.87. The fourth-order valence-corrected chi connectivity index (χ4v) is 2.76. The lowest BCUT2D eigenvalue weighted by Gasteiger charge is -2.11. The molecule has 5 nitrogen and oxygen atoms in total. The summed E-state index contributed by atoms with van der Waals surface area (Å²) in [6.45, 7) is 3.86. The molecule has 0 amide bonds. The molecule has 0 aliphatic heterocycles. The van der Waals surface area contributed by atoms with E-state index in [-0.39, 0.29) is 5.75 Å². The quantitative estimate of drug-likeness (QED) is 0.652. The number of carbonyl (C=O) groups is 1. The van der Waals surface area contributed by atoms with Crippen LogP contribution >= 0.6 is 11.8 Å². The Kier molecular flexibility index (Phi) is 5.38. The lowest BCUT2D eigenvalue weighted by molar-refractivity contribution is -0.133. The minimum absolute atomic E-state index is 0.0310. The van der Waals surface area contributed by atoms with E-state index in [9.17, 15) is 4.79 Å². The highest BCUT2D eigenvalue weighted by molar-refractivity contribution is 7.99. The van der Waals surface area contributed by atoms with Crippen molar-refractivity contribution < 1.29 is 14.6 Å². The molecule has 0 atom stereocenters. The van der Waals surface area contributed by atoms with Gasteiger partial charge in [-0.3, -0.25) is 4.79 Å². The average Bonchev–Trinajstić information content (AvgIpc) is 2.49. The van der Waals surface area contributed by atoms with E-state index < -0.39 is 5.97 Å². The Bertz CT molecular complexity index is 649. The number of ether oxygens (including phenoxy) is 1. The smallest absolute Gasteiger partial charge is 0.313 e. The Morgan fingerprint density at radius 1 is 1.18 bits per heavy atom. The first-order chi connectivity index (χ1) is 10.5. The number of rotatable bonds is 6. The topological polar surface area (TPSA) is 72.3 Å². The molecule has 6 heteroatoms. The number of methoxy groups -OCH3 is 1. The molecule has 1 N–H and O–H groups in total. The average molecular weight is 318 g/mol. The molecule has 0 unspecified atom stereocenters. The minimum atomic E-state index is -0.869. The van der Waals surface area contributed by atoms with Crippen LogP contribution in [0.1, 0.15) is 22.5 Å². The number of aliphatic carboxylic acids is 1. The zero-order valence-corrected chi connectivity index (χ0v) is 13.6. The van der Waals surface area contributed by atoms with Gasteiger partial charge in [-0.15, -0.1) is 0 Å². The van der Waals surface area contributed by atoms with Crippen molar-refractivity contribution in [1.29, 1.82) is 0 Å². The molecule has 0 saturated carbocycles. The van der Waals surface area contributed by atoms with Crippen molar-refractivity contribution in [3.63, 3.8) is 0 Å². The van der Waals surface area contributed by atoms with Gasteiger partial charge < -0.3 is 9.84 Å². The maximum atomic E-state index is 10.6. The van der Waals surface area contributed by atoms with Crippen molar-refractivity contribution in [1.82, 2.24) is 9.97 Å². The van der Waals surface area contributed by atoms with Gasteiger partial charge in [0.25, 0.3) is 0 Å². The van der Waals surface area contributed by atoms with E-state index in [2.05, 4.69) is 9.97 Å².